The van der Waals surface area contributed by atoms with Crippen LogP contribution < -0.4 is 0 Å². The molecule has 3 rings (SSSR count). The molecule has 0 aromatic heterocycles. The van der Waals surface area contributed by atoms with E-state index in [-0.39, 0.29) is 0 Å². The van der Waals surface area contributed by atoms with Crippen LogP contribution in [0.5, 0.6) is 0 Å². The third-order valence-electron chi connectivity index (χ3n) is 5.08. The Bertz CT molecular complexity index is 425. The van der Waals surface area contributed by atoms with Gasteiger partial charge in [-0.15, -0.1) is 0 Å². The van der Waals surface area contributed by atoms with E-state index in [0.29, 0.717) is 17.6 Å². The molecule has 0 N–H and O–H groups in total. The van der Waals surface area contributed by atoms with Gasteiger partial charge in [0, 0.05) is 0 Å². The van der Waals surface area contributed by atoms with Gasteiger partial charge in [0.2, 0.25) is 0 Å². The molecule has 2 aliphatic rings. The van der Waals surface area contributed by atoms with Crippen LogP contribution >= 0.6 is 0 Å². The fourth-order valence-electron chi connectivity index (χ4n) is 3.73. The Morgan fingerprint density at radius 1 is 1.28 bits per heavy atom. The fourth-order valence-corrected chi connectivity index (χ4v) is 3.73. The first-order valence-corrected chi connectivity index (χ1v) is 7.54. The Morgan fingerprint density at radius 3 is 2.89 bits per heavy atom. The fraction of sp³-hybridized carbons (Fsp3) is 0.647. The van der Waals surface area contributed by atoms with Gasteiger partial charge in [0.1, 0.15) is 6.10 Å². The molecule has 1 fully saturated rings. The predicted octanol–water partition coefficient (Wildman–Crippen LogP) is 4.66. The van der Waals surface area contributed by atoms with E-state index >= 15 is 0 Å². The van der Waals surface area contributed by atoms with Crippen LogP contribution in [0.1, 0.15) is 63.2 Å². The lowest BCUT2D eigenvalue weighted by molar-refractivity contribution is 0.153. The molecule has 0 spiro atoms. The number of hydrogen-bond acceptors (Lipinski definition) is 1. The van der Waals surface area contributed by atoms with Gasteiger partial charge in [-0.05, 0) is 42.2 Å². The lowest BCUT2D eigenvalue weighted by Gasteiger charge is -2.31. The molecule has 1 saturated heterocycles. The normalized spacial score (nSPS) is 33.4. The molecule has 1 aliphatic carbocycles. The van der Waals surface area contributed by atoms with Crippen molar-refractivity contribution in [3.8, 4) is 0 Å². The molecule has 3 atom stereocenters. The summed E-state index contributed by atoms with van der Waals surface area (Å²) in [5.74, 6) is 0. The second kappa shape index (κ2) is 4.70. The van der Waals surface area contributed by atoms with Crippen LogP contribution in [0.25, 0.3) is 0 Å². The molecule has 1 aromatic carbocycles. The summed E-state index contributed by atoms with van der Waals surface area (Å²) < 4.78 is 6.09. The van der Waals surface area contributed by atoms with E-state index in [4.69, 9.17) is 4.74 Å². The molecular formula is C17H24O. The molecule has 0 radical (unpaired) electrons. The van der Waals surface area contributed by atoms with Crippen molar-refractivity contribution >= 4 is 0 Å². The zero-order chi connectivity index (χ0) is 12.6. The maximum Gasteiger partial charge on any atom is 0.110 e. The van der Waals surface area contributed by atoms with E-state index in [1.54, 1.807) is 0 Å². The van der Waals surface area contributed by atoms with Crippen molar-refractivity contribution in [2.75, 3.05) is 0 Å². The van der Waals surface area contributed by atoms with Crippen LogP contribution in [0.4, 0.5) is 0 Å². The maximum atomic E-state index is 6.09. The lowest BCUT2D eigenvalue weighted by atomic mass is 9.73. The van der Waals surface area contributed by atoms with Crippen molar-refractivity contribution in [3.63, 3.8) is 0 Å². The first-order chi connectivity index (χ1) is 8.80. The Labute approximate surface area is 111 Å². The van der Waals surface area contributed by atoms with Crippen LogP contribution in [-0.2, 0) is 11.2 Å². The number of fused-ring (bicyclic) bond motifs is 3. The Morgan fingerprint density at radius 2 is 2.11 bits per heavy atom. The van der Waals surface area contributed by atoms with Gasteiger partial charge in [0.05, 0.1) is 6.10 Å². The van der Waals surface area contributed by atoms with E-state index in [9.17, 15) is 0 Å². The number of benzene rings is 1. The van der Waals surface area contributed by atoms with E-state index in [1.165, 1.54) is 49.7 Å². The monoisotopic (exact) mass is 244 g/mol. The molecule has 1 heteroatoms. The largest absolute Gasteiger partial charge is 0.364 e. The van der Waals surface area contributed by atoms with Gasteiger partial charge in [0.25, 0.3) is 0 Å². The highest BCUT2D eigenvalue weighted by molar-refractivity contribution is 5.35. The molecule has 1 nitrogen and oxygen atoms in total. The second-order valence-corrected chi connectivity index (χ2v) is 6.00. The van der Waals surface area contributed by atoms with Gasteiger partial charge in [-0.2, -0.15) is 0 Å². The Hall–Kier alpha value is -0.820. The highest BCUT2D eigenvalue weighted by Crippen LogP contribution is 2.57. The molecule has 0 unspecified atom stereocenters. The zero-order valence-corrected chi connectivity index (χ0v) is 11.6. The number of hydrogen-bond donors (Lipinski definition) is 0. The van der Waals surface area contributed by atoms with Crippen LogP contribution in [0.3, 0.4) is 0 Å². The van der Waals surface area contributed by atoms with Gasteiger partial charge in [-0.1, -0.05) is 51.0 Å². The average molecular weight is 244 g/mol. The average Bonchev–Trinajstić information content (AvgIpc) is 3.20. The summed E-state index contributed by atoms with van der Waals surface area (Å²) in [5.41, 5.74) is 3.44. The third kappa shape index (κ3) is 1.89. The van der Waals surface area contributed by atoms with Gasteiger partial charge >= 0.3 is 0 Å². The van der Waals surface area contributed by atoms with Crippen molar-refractivity contribution in [1.82, 2.24) is 0 Å². The number of rotatable bonds is 4. The quantitative estimate of drug-likeness (QED) is 0.702. The van der Waals surface area contributed by atoms with Crippen LogP contribution in [0, 0.1) is 5.41 Å². The summed E-state index contributed by atoms with van der Waals surface area (Å²) in [6.07, 6.45) is 8.70. The zero-order valence-electron chi connectivity index (χ0n) is 11.6. The van der Waals surface area contributed by atoms with Crippen LogP contribution in [-0.4, -0.2) is 6.10 Å². The summed E-state index contributed by atoms with van der Waals surface area (Å²) in [5, 5.41) is 0. The molecular weight excluding hydrogens is 220 g/mol. The molecule has 0 bridgehead atoms. The van der Waals surface area contributed by atoms with Crippen molar-refractivity contribution in [2.24, 2.45) is 5.41 Å². The van der Waals surface area contributed by atoms with Crippen LogP contribution in [0.2, 0.25) is 0 Å². The van der Waals surface area contributed by atoms with Crippen molar-refractivity contribution in [3.05, 3.63) is 35.4 Å². The number of unbranched alkanes of at least 4 members (excludes halogenated alkanes) is 1. The number of ether oxygens (including phenoxy) is 1. The van der Waals surface area contributed by atoms with E-state index < -0.39 is 0 Å². The van der Waals surface area contributed by atoms with Gasteiger partial charge in [0.15, 0.2) is 0 Å². The summed E-state index contributed by atoms with van der Waals surface area (Å²) >= 11 is 0. The smallest absolute Gasteiger partial charge is 0.110 e. The first kappa shape index (κ1) is 12.2. The minimum atomic E-state index is 0.403. The second-order valence-electron chi connectivity index (χ2n) is 6.00. The van der Waals surface area contributed by atoms with Crippen LogP contribution in [0.15, 0.2) is 24.3 Å². The Kier molecular flexibility index (Phi) is 3.19. The van der Waals surface area contributed by atoms with Crippen molar-refractivity contribution in [2.45, 2.75) is 64.6 Å². The van der Waals surface area contributed by atoms with E-state index in [2.05, 4.69) is 38.1 Å². The minimum Gasteiger partial charge on any atom is -0.364 e. The van der Waals surface area contributed by atoms with Crippen molar-refractivity contribution < 1.29 is 4.74 Å². The minimum absolute atomic E-state index is 0.403. The van der Waals surface area contributed by atoms with Gasteiger partial charge in [-0.25, -0.2) is 0 Å². The first-order valence-electron chi connectivity index (χ1n) is 7.54. The lowest BCUT2D eigenvalue weighted by Crippen LogP contribution is -2.27. The van der Waals surface area contributed by atoms with E-state index in [1.807, 2.05) is 0 Å². The summed E-state index contributed by atoms with van der Waals surface area (Å²) in [6, 6.07) is 8.88. The molecule has 18 heavy (non-hydrogen) atoms. The topological polar surface area (TPSA) is 12.5 Å². The molecule has 1 aromatic rings. The third-order valence-corrected chi connectivity index (χ3v) is 5.08. The summed E-state index contributed by atoms with van der Waals surface area (Å²) in [7, 11) is 0. The molecule has 0 amide bonds. The highest BCUT2D eigenvalue weighted by atomic mass is 16.6. The molecule has 98 valence electrons. The number of aryl methyl sites for hydroxylation is 1. The summed E-state index contributed by atoms with van der Waals surface area (Å²) in [4.78, 5) is 0. The maximum absolute atomic E-state index is 6.09. The molecule has 1 heterocycles. The Balaban J connectivity index is 1.87. The standard InChI is InChI=1S/C17H24O/c1-3-5-11-17(4-2)12-10-13-8-6-7-9-14(13)15-16(17)18-15/h6-9,15-16H,3-5,10-12H2,1-2H3/t15-,16-,17-/m1/s1. The predicted molar refractivity (Wildman–Crippen MR) is 74.6 cm³/mol. The van der Waals surface area contributed by atoms with E-state index in [0.717, 1.165) is 0 Å². The SMILES string of the molecule is CCCC[C@]1(CC)CCc2ccccc2[C@H]2O[C@H]21. The molecule has 0 saturated carbocycles. The van der Waals surface area contributed by atoms with Crippen molar-refractivity contribution in [1.29, 1.82) is 0 Å². The number of epoxide rings is 1. The molecule has 1 aliphatic heterocycles. The summed E-state index contributed by atoms with van der Waals surface area (Å²) in [6.45, 7) is 4.64. The highest BCUT2D eigenvalue weighted by Gasteiger charge is 2.55. The van der Waals surface area contributed by atoms with Gasteiger partial charge in [-0.3, -0.25) is 0 Å². The van der Waals surface area contributed by atoms with Gasteiger partial charge < -0.3 is 4.74 Å².